The summed E-state index contributed by atoms with van der Waals surface area (Å²) in [5.74, 6) is -8.35. The molecule has 1 saturated heterocycles. The number of nitrogens with one attached hydrogen (secondary N) is 7. The summed E-state index contributed by atoms with van der Waals surface area (Å²) in [6.45, 7) is 1.97. The van der Waals surface area contributed by atoms with Crippen molar-refractivity contribution in [1.29, 1.82) is 0 Å². The number of hydrogen-bond acceptors (Lipinski definition) is 12. The highest BCUT2D eigenvalue weighted by molar-refractivity contribution is 5.98. The summed E-state index contributed by atoms with van der Waals surface area (Å²) in [5, 5.41) is 55.6. The van der Waals surface area contributed by atoms with E-state index in [1.165, 1.54) is 36.4 Å². The molecule has 7 amide bonds. The summed E-state index contributed by atoms with van der Waals surface area (Å²) in [6, 6.07) is 3.91. The van der Waals surface area contributed by atoms with Gasteiger partial charge in [-0.25, -0.2) is 0 Å². The molecule has 2 aromatic carbocycles. The lowest BCUT2D eigenvalue weighted by molar-refractivity contribution is -0.139. The lowest BCUT2D eigenvalue weighted by atomic mass is 9.99. The fourth-order valence-corrected chi connectivity index (χ4v) is 5.82. The van der Waals surface area contributed by atoms with E-state index in [1.54, 1.807) is 26.0 Å². The molecule has 310 valence electrons. The number of carbonyl (C=O) groups is 8. The monoisotopic (exact) mass is 798 g/mol. The van der Waals surface area contributed by atoms with Gasteiger partial charge in [0.15, 0.2) is 0 Å². The standard InChI is InChI=1S/C37H50N8O12/c1-19(2)31(37(57)43-27(16-29(38)49)35(55)44-28(18-46)32(52)40-17-30(50)51)45-36(56)26(15-21-7-11-23(48)12-8-21)42-34(54)25(14-20-5-9-22(47)10-6-20)41-33(53)24-4-3-13-39-24/h5-12,19,24-28,31,39,46-48H,3-4,13-18H2,1-2H3,(H2,38,49)(H,40,52)(H,41,53)(H,42,54)(H,43,57)(H,44,55)(H,45,56)(H,50,51)/t24-,25-,26-,27-,28-,31-/m0/s1. The van der Waals surface area contributed by atoms with Crippen molar-refractivity contribution in [3.8, 4) is 11.5 Å². The van der Waals surface area contributed by atoms with Gasteiger partial charge in [-0.1, -0.05) is 38.1 Å². The van der Waals surface area contributed by atoms with Gasteiger partial charge in [-0.3, -0.25) is 38.4 Å². The second-order valence-electron chi connectivity index (χ2n) is 13.8. The summed E-state index contributed by atoms with van der Waals surface area (Å²) in [6.07, 6.45) is 0.380. The number of nitrogens with two attached hydrogens (primary N) is 1. The third kappa shape index (κ3) is 14.7. The minimum Gasteiger partial charge on any atom is -0.508 e. The summed E-state index contributed by atoms with van der Waals surface area (Å²) in [5.41, 5.74) is 6.40. The Morgan fingerprint density at radius 2 is 1.19 bits per heavy atom. The van der Waals surface area contributed by atoms with E-state index in [-0.39, 0.29) is 24.3 Å². The number of phenols is 2. The molecule has 20 nitrogen and oxygen atoms in total. The SMILES string of the molecule is CC(C)[C@H](NC(=O)[C@H](Cc1ccc(O)cc1)NC(=O)[C@H](Cc1ccc(O)cc1)NC(=O)[C@@H]1CCCN1)C(=O)N[C@@H](CC(N)=O)C(=O)N[C@@H](CO)C(=O)NCC(=O)O. The van der Waals surface area contributed by atoms with Gasteiger partial charge < -0.3 is 63.4 Å². The quantitative estimate of drug-likeness (QED) is 0.0593. The average molecular weight is 799 g/mol. The summed E-state index contributed by atoms with van der Waals surface area (Å²) in [4.78, 5) is 103. The summed E-state index contributed by atoms with van der Waals surface area (Å²) >= 11 is 0. The Balaban J connectivity index is 1.86. The number of aliphatic hydroxyl groups excluding tert-OH is 1. The molecule has 6 atom stereocenters. The molecular weight excluding hydrogens is 748 g/mol. The van der Waals surface area contributed by atoms with E-state index < -0.39 is 109 Å². The van der Waals surface area contributed by atoms with Crippen LogP contribution in [0.4, 0.5) is 0 Å². The number of carbonyl (C=O) groups excluding carboxylic acids is 7. The van der Waals surface area contributed by atoms with Crippen LogP contribution in [0.2, 0.25) is 0 Å². The summed E-state index contributed by atoms with van der Waals surface area (Å²) < 4.78 is 0. The van der Waals surface area contributed by atoms with Gasteiger partial charge in [-0.15, -0.1) is 0 Å². The molecule has 1 heterocycles. The van der Waals surface area contributed by atoms with Gasteiger partial charge in [0.1, 0.15) is 48.3 Å². The fraction of sp³-hybridized carbons (Fsp3) is 0.459. The van der Waals surface area contributed by atoms with Crippen LogP contribution in [-0.2, 0) is 51.2 Å². The largest absolute Gasteiger partial charge is 0.508 e. The van der Waals surface area contributed by atoms with E-state index in [0.29, 0.717) is 24.1 Å². The Labute approximate surface area is 327 Å². The molecule has 1 aliphatic heterocycles. The van der Waals surface area contributed by atoms with Gasteiger partial charge in [0.05, 0.1) is 19.1 Å². The second kappa shape index (κ2) is 21.7. The van der Waals surface area contributed by atoms with Gasteiger partial charge in [0.25, 0.3) is 0 Å². The van der Waals surface area contributed by atoms with Gasteiger partial charge >= 0.3 is 5.97 Å². The van der Waals surface area contributed by atoms with E-state index in [0.717, 1.165) is 6.42 Å². The maximum absolute atomic E-state index is 14.0. The van der Waals surface area contributed by atoms with E-state index in [9.17, 15) is 53.7 Å². The smallest absolute Gasteiger partial charge is 0.322 e. The van der Waals surface area contributed by atoms with Crippen LogP contribution in [0.3, 0.4) is 0 Å². The number of hydrogen-bond donors (Lipinski definition) is 12. The van der Waals surface area contributed by atoms with E-state index >= 15 is 0 Å². The van der Waals surface area contributed by atoms with Crippen molar-refractivity contribution < 1.29 is 58.8 Å². The van der Waals surface area contributed by atoms with Crippen molar-refractivity contribution >= 4 is 47.3 Å². The van der Waals surface area contributed by atoms with Gasteiger partial charge in [-0.05, 0) is 60.7 Å². The molecule has 0 spiro atoms. The number of carboxylic acids is 1. The minimum absolute atomic E-state index is 0.00960. The zero-order valence-corrected chi connectivity index (χ0v) is 31.4. The normalized spacial score (nSPS) is 16.2. The molecule has 0 saturated carbocycles. The van der Waals surface area contributed by atoms with Crippen LogP contribution >= 0.6 is 0 Å². The van der Waals surface area contributed by atoms with Crippen LogP contribution in [0, 0.1) is 5.92 Å². The topological polar surface area (TPSA) is 328 Å². The zero-order chi connectivity index (χ0) is 42.2. The van der Waals surface area contributed by atoms with Crippen molar-refractivity contribution in [3.05, 3.63) is 59.7 Å². The molecular formula is C37H50N8O12. The van der Waals surface area contributed by atoms with Crippen LogP contribution in [0.25, 0.3) is 0 Å². The number of aromatic hydroxyl groups is 2. The molecule has 1 aliphatic rings. The molecule has 3 rings (SSSR count). The fourth-order valence-electron chi connectivity index (χ4n) is 5.82. The van der Waals surface area contributed by atoms with Crippen LogP contribution < -0.4 is 43.0 Å². The molecule has 20 heteroatoms. The van der Waals surface area contributed by atoms with E-state index in [1.807, 2.05) is 5.32 Å². The number of primary amides is 1. The van der Waals surface area contributed by atoms with Crippen molar-refractivity contribution in [2.24, 2.45) is 11.7 Å². The lowest BCUT2D eigenvalue weighted by Gasteiger charge is -2.28. The van der Waals surface area contributed by atoms with Crippen molar-refractivity contribution in [1.82, 2.24) is 37.2 Å². The molecule has 0 unspecified atom stereocenters. The average Bonchev–Trinajstić information content (AvgIpc) is 3.71. The molecule has 13 N–H and O–H groups in total. The minimum atomic E-state index is -1.71. The van der Waals surface area contributed by atoms with Gasteiger partial charge in [0, 0.05) is 12.8 Å². The first-order chi connectivity index (χ1) is 27.0. The molecule has 0 radical (unpaired) electrons. The van der Waals surface area contributed by atoms with Gasteiger partial charge in [0.2, 0.25) is 41.4 Å². The zero-order valence-electron chi connectivity index (χ0n) is 31.4. The predicted molar refractivity (Wildman–Crippen MR) is 201 cm³/mol. The maximum atomic E-state index is 14.0. The Bertz CT molecular complexity index is 1750. The first kappa shape index (κ1) is 45.1. The Kier molecular flexibility index (Phi) is 17.2. The molecule has 0 aliphatic carbocycles. The lowest BCUT2D eigenvalue weighted by Crippen LogP contribution is -2.61. The number of benzene rings is 2. The summed E-state index contributed by atoms with van der Waals surface area (Å²) in [7, 11) is 0. The molecule has 0 bridgehead atoms. The highest BCUT2D eigenvalue weighted by Crippen LogP contribution is 2.15. The number of amides is 7. The van der Waals surface area contributed by atoms with E-state index in [2.05, 4.69) is 31.9 Å². The third-order valence-electron chi connectivity index (χ3n) is 8.91. The van der Waals surface area contributed by atoms with Crippen LogP contribution in [0.1, 0.15) is 44.2 Å². The molecule has 2 aromatic rings. The van der Waals surface area contributed by atoms with Crippen LogP contribution in [0.5, 0.6) is 11.5 Å². The molecule has 1 fully saturated rings. The molecule has 0 aromatic heterocycles. The van der Waals surface area contributed by atoms with Crippen molar-refractivity contribution in [3.63, 3.8) is 0 Å². The second-order valence-corrected chi connectivity index (χ2v) is 13.8. The first-order valence-corrected chi connectivity index (χ1v) is 18.2. The van der Waals surface area contributed by atoms with Crippen molar-refractivity contribution in [2.75, 3.05) is 19.7 Å². The van der Waals surface area contributed by atoms with Crippen LogP contribution in [0.15, 0.2) is 48.5 Å². The number of carboxylic acid groups (broad SMARTS) is 1. The van der Waals surface area contributed by atoms with Crippen molar-refractivity contribution in [2.45, 2.75) is 82.2 Å². The number of rotatable bonds is 21. The highest BCUT2D eigenvalue weighted by Gasteiger charge is 2.35. The van der Waals surface area contributed by atoms with Crippen LogP contribution in [-0.4, -0.2) is 124 Å². The Morgan fingerprint density at radius 1 is 0.702 bits per heavy atom. The van der Waals surface area contributed by atoms with E-state index in [4.69, 9.17) is 10.8 Å². The first-order valence-electron chi connectivity index (χ1n) is 18.2. The number of aliphatic hydroxyl groups is 1. The molecule has 57 heavy (non-hydrogen) atoms. The Morgan fingerprint density at radius 3 is 1.67 bits per heavy atom. The Hall–Kier alpha value is -6.28. The predicted octanol–water partition coefficient (Wildman–Crippen LogP) is -3.22. The van der Waals surface area contributed by atoms with Gasteiger partial charge in [-0.2, -0.15) is 0 Å². The maximum Gasteiger partial charge on any atom is 0.322 e. The number of aliphatic carboxylic acids is 1. The number of phenolic OH excluding ortho intramolecular Hbond substituents is 2. The third-order valence-corrected chi connectivity index (χ3v) is 8.91. The highest BCUT2D eigenvalue weighted by atomic mass is 16.4.